The van der Waals surface area contributed by atoms with E-state index < -0.39 is 5.97 Å². The SMILES string of the molecule is O=C(O)COc1ccccc1C#CCCS. The number of carbonyl (C=O) groups is 1. The summed E-state index contributed by atoms with van der Waals surface area (Å²) in [5.41, 5.74) is 0.700. The second-order valence-electron chi connectivity index (χ2n) is 2.95. The van der Waals surface area contributed by atoms with Gasteiger partial charge in [-0.1, -0.05) is 24.0 Å². The van der Waals surface area contributed by atoms with E-state index in [0.29, 0.717) is 23.5 Å². The van der Waals surface area contributed by atoms with Gasteiger partial charge in [-0.15, -0.1) is 0 Å². The lowest BCUT2D eigenvalue weighted by Gasteiger charge is -2.04. The molecule has 0 saturated carbocycles. The molecule has 0 radical (unpaired) electrons. The number of rotatable bonds is 4. The number of ether oxygens (including phenoxy) is 1. The van der Waals surface area contributed by atoms with E-state index in [1.807, 2.05) is 6.07 Å². The molecule has 0 aliphatic carbocycles. The van der Waals surface area contributed by atoms with Gasteiger partial charge in [0, 0.05) is 12.2 Å². The monoisotopic (exact) mass is 236 g/mol. The molecule has 0 spiro atoms. The Morgan fingerprint density at radius 1 is 1.44 bits per heavy atom. The molecule has 0 unspecified atom stereocenters. The molecule has 0 fully saturated rings. The van der Waals surface area contributed by atoms with Crippen molar-refractivity contribution in [2.45, 2.75) is 6.42 Å². The molecule has 0 heterocycles. The Labute approximate surface area is 99.8 Å². The van der Waals surface area contributed by atoms with Gasteiger partial charge in [-0.2, -0.15) is 12.6 Å². The molecule has 4 heteroatoms. The zero-order valence-corrected chi connectivity index (χ0v) is 9.54. The normalized spacial score (nSPS) is 9.06. The molecule has 84 valence electrons. The first-order valence-electron chi connectivity index (χ1n) is 4.77. The number of para-hydroxylation sites is 1. The summed E-state index contributed by atoms with van der Waals surface area (Å²) in [6.45, 7) is -0.356. The van der Waals surface area contributed by atoms with Crippen LogP contribution in [0.5, 0.6) is 5.75 Å². The zero-order valence-electron chi connectivity index (χ0n) is 8.64. The first-order valence-corrected chi connectivity index (χ1v) is 5.40. The van der Waals surface area contributed by atoms with Gasteiger partial charge >= 0.3 is 5.97 Å². The molecule has 16 heavy (non-hydrogen) atoms. The maximum atomic E-state index is 10.4. The van der Waals surface area contributed by atoms with Crippen molar-refractivity contribution in [1.29, 1.82) is 0 Å². The van der Waals surface area contributed by atoms with E-state index in [4.69, 9.17) is 9.84 Å². The third-order valence-electron chi connectivity index (χ3n) is 1.70. The molecule has 1 aromatic rings. The van der Waals surface area contributed by atoms with Crippen molar-refractivity contribution in [2.24, 2.45) is 0 Å². The number of benzene rings is 1. The van der Waals surface area contributed by atoms with Gasteiger partial charge in [-0.05, 0) is 12.1 Å². The molecule has 0 aliphatic rings. The highest BCUT2D eigenvalue weighted by Gasteiger charge is 2.02. The van der Waals surface area contributed by atoms with Crippen LogP contribution in [0.1, 0.15) is 12.0 Å². The van der Waals surface area contributed by atoms with Crippen LogP contribution in [0.4, 0.5) is 0 Å². The first kappa shape index (κ1) is 12.5. The largest absolute Gasteiger partial charge is 0.481 e. The molecule has 1 N–H and O–H groups in total. The quantitative estimate of drug-likeness (QED) is 0.619. The van der Waals surface area contributed by atoms with E-state index >= 15 is 0 Å². The molecule has 3 nitrogen and oxygen atoms in total. The molecule has 0 bridgehead atoms. The summed E-state index contributed by atoms with van der Waals surface area (Å²) >= 11 is 4.05. The summed E-state index contributed by atoms with van der Waals surface area (Å²) in [7, 11) is 0. The standard InChI is InChI=1S/C12H12O3S/c13-12(14)9-15-11-7-2-1-5-10(11)6-3-4-8-16/h1-2,5,7,16H,4,8-9H2,(H,13,14). The fourth-order valence-corrected chi connectivity index (χ4v) is 1.16. The summed E-state index contributed by atoms with van der Waals surface area (Å²) in [6, 6.07) is 7.11. The maximum absolute atomic E-state index is 10.4. The molecule has 0 aromatic heterocycles. The van der Waals surface area contributed by atoms with Gasteiger partial charge in [-0.3, -0.25) is 0 Å². The summed E-state index contributed by atoms with van der Waals surface area (Å²) in [5, 5.41) is 8.51. The minimum atomic E-state index is -1.00. The van der Waals surface area contributed by atoms with Crippen LogP contribution in [-0.4, -0.2) is 23.4 Å². The molecule has 0 saturated heterocycles. The Bertz CT molecular complexity index is 418. The summed E-state index contributed by atoms with van der Waals surface area (Å²) in [4.78, 5) is 10.4. The highest BCUT2D eigenvalue weighted by molar-refractivity contribution is 7.80. The van der Waals surface area contributed by atoms with Gasteiger partial charge in [0.05, 0.1) is 5.56 Å². The van der Waals surface area contributed by atoms with Crippen LogP contribution in [-0.2, 0) is 4.79 Å². The van der Waals surface area contributed by atoms with Gasteiger partial charge in [0.25, 0.3) is 0 Å². The molecule has 1 rings (SSSR count). The fraction of sp³-hybridized carbons (Fsp3) is 0.250. The number of thiol groups is 1. The lowest BCUT2D eigenvalue weighted by atomic mass is 10.2. The topological polar surface area (TPSA) is 46.5 Å². The number of carboxylic acids is 1. The second kappa shape index (κ2) is 6.81. The Kier molecular flexibility index (Phi) is 5.30. The third-order valence-corrected chi connectivity index (χ3v) is 1.92. The predicted octanol–water partition coefficient (Wildman–Crippen LogP) is 1.82. The molecule has 0 atom stereocenters. The number of hydrogen-bond donors (Lipinski definition) is 2. The van der Waals surface area contributed by atoms with Crippen molar-refractivity contribution in [2.75, 3.05) is 12.4 Å². The van der Waals surface area contributed by atoms with Gasteiger partial charge < -0.3 is 9.84 Å². The number of hydrogen-bond acceptors (Lipinski definition) is 3. The highest BCUT2D eigenvalue weighted by Crippen LogP contribution is 2.16. The molecule has 0 amide bonds. The van der Waals surface area contributed by atoms with Crippen LogP contribution in [0.2, 0.25) is 0 Å². The van der Waals surface area contributed by atoms with Crippen LogP contribution in [0, 0.1) is 11.8 Å². The van der Waals surface area contributed by atoms with Gasteiger partial charge in [-0.25, -0.2) is 4.79 Å². The van der Waals surface area contributed by atoms with Crippen molar-refractivity contribution in [3.8, 4) is 17.6 Å². The first-order chi connectivity index (χ1) is 7.74. The molecule has 0 aliphatic heterocycles. The lowest BCUT2D eigenvalue weighted by molar-refractivity contribution is -0.139. The molecule has 1 aromatic carbocycles. The van der Waals surface area contributed by atoms with Crippen molar-refractivity contribution >= 4 is 18.6 Å². The summed E-state index contributed by atoms with van der Waals surface area (Å²) in [5.74, 6) is 6.04. The van der Waals surface area contributed by atoms with Crippen LogP contribution < -0.4 is 4.74 Å². The minimum Gasteiger partial charge on any atom is -0.481 e. The summed E-state index contributed by atoms with van der Waals surface area (Å²) in [6.07, 6.45) is 0.691. The van der Waals surface area contributed by atoms with Crippen molar-refractivity contribution in [3.05, 3.63) is 29.8 Å². The van der Waals surface area contributed by atoms with Crippen LogP contribution in [0.15, 0.2) is 24.3 Å². The third kappa shape index (κ3) is 4.28. The van der Waals surface area contributed by atoms with Crippen molar-refractivity contribution < 1.29 is 14.6 Å². The Balaban J connectivity index is 2.76. The zero-order chi connectivity index (χ0) is 11.8. The van der Waals surface area contributed by atoms with E-state index in [9.17, 15) is 4.79 Å². The lowest BCUT2D eigenvalue weighted by Crippen LogP contribution is -2.10. The fourth-order valence-electron chi connectivity index (χ4n) is 1.05. The average Bonchev–Trinajstić information content (AvgIpc) is 2.28. The second-order valence-corrected chi connectivity index (χ2v) is 3.40. The molecular formula is C12H12O3S. The number of aliphatic carboxylic acids is 1. The predicted molar refractivity (Wildman–Crippen MR) is 64.9 cm³/mol. The highest BCUT2D eigenvalue weighted by atomic mass is 32.1. The van der Waals surface area contributed by atoms with E-state index in [2.05, 4.69) is 24.5 Å². The van der Waals surface area contributed by atoms with E-state index in [0.717, 1.165) is 0 Å². The van der Waals surface area contributed by atoms with Crippen LogP contribution >= 0.6 is 12.6 Å². The number of carboxylic acid groups (broad SMARTS) is 1. The van der Waals surface area contributed by atoms with Gasteiger partial charge in [0.1, 0.15) is 5.75 Å². The Morgan fingerprint density at radius 3 is 2.88 bits per heavy atom. The summed E-state index contributed by atoms with van der Waals surface area (Å²) < 4.78 is 5.11. The molecular weight excluding hydrogens is 224 g/mol. The van der Waals surface area contributed by atoms with Crippen LogP contribution in [0.3, 0.4) is 0 Å². The van der Waals surface area contributed by atoms with E-state index in [1.54, 1.807) is 18.2 Å². The smallest absolute Gasteiger partial charge is 0.341 e. The van der Waals surface area contributed by atoms with Gasteiger partial charge in [0.2, 0.25) is 0 Å². The van der Waals surface area contributed by atoms with Crippen molar-refractivity contribution in [3.63, 3.8) is 0 Å². The minimum absolute atomic E-state index is 0.356. The van der Waals surface area contributed by atoms with Crippen molar-refractivity contribution in [1.82, 2.24) is 0 Å². The average molecular weight is 236 g/mol. The van der Waals surface area contributed by atoms with Crippen LogP contribution in [0.25, 0.3) is 0 Å². The van der Waals surface area contributed by atoms with E-state index in [1.165, 1.54) is 0 Å². The Hall–Kier alpha value is -1.60. The van der Waals surface area contributed by atoms with Gasteiger partial charge in [0.15, 0.2) is 6.61 Å². The maximum Gasteiger partial charge on any atom is 0.341 e. The Morgan fingerprint density at radius 2 is 2.19 bits per heavy atom. The van der Waals surface area contributed by atoms with E-state index in [-0.39, 0.29) is 6.61 Å².